The summed E-state index contributed by atoms with van der Waals surface area (Å²) in [5, 5.41) is 0. The molecule has 2 atom stereocenters. The van der Waals surface area contributed by atoms with Crippen LogP contribution in [0.25, 0.3) is 0 Å². The van der Waals surface area contributed by atoms with Crippen molar-refractivity contribution in [2.45, 2.75) is 65.9 Å². The van der Waals surface area contributed by atoms with E-state index in [-0.39, 0.29) is 30.9 Å². The molecule has 0 aromatic carbocycles. The second-order valence-corrected chi connectivity index (χ2v) is 4.54. The minimum Gasteiger partial charge on any atom is -0.466 e. The average molecular weight is 258 g/mol. The topological polar surface area (TPSA) is 52.6 Å². The van der Waals surface area contributed by atoms with Gasteiger partial charge in [0.25, 0.3) is 0 Å². The van der Waals surface area contributed by atoms with Gasteiger partial charge in [-0.05, 0) is 18.8 Å². The molecule has 0 aliphatic carbocycles. The van der Waals surface area contributed by atoms with Crippen LogP contribution in [0.15, 0.2) is 0 Å². The molecular formula is C14H26O4. The van der Waals surface area contributed by atoms with Crippen LogP contribution in [0.4, 0.5) is 0 Å². The van der Waals surface area contributed by atoms with Gasteiger partial charge in [0.05, 0.1) is 19.4 Å². The molecule has 0 heterocycles. The first-order valence-corrected chi connectivity index (χ1v) is 6.90. The quantitative estimate of drug-likeness (QED) is 0.596. The summed E-state index contributed by atoms with van der Waals surface area (Å²) in [7, 11) is 0. The Morgan fingerprint density at radius 3 is 2.11 bits per heavy atom. The van der Waals surface area contributed by atoms with E-state index in [9.17, 15) is 9.59 Å². The van der Waals surface area contributed by atoms with Crippen molar-refractivity contribution in [3.63, 3.8) is 0 Å². The molecule has 0 aromatic rings. The van der Waals surface area contributed by atoms with Crippen molar-refractivity contribution in [1.29, 1.82) is 0 Å². The van der Waals surface area contributed by atoms with Gasteiger partial charge in [0.15, 0.2) is 0 Å². The van der Waals surface area contributed by atoms with Gasteiger partial charge in [-0.1, -0.05) is 34.1 Å². The largest absolute Gasteiger partial charge is 0.466 e. The van der Waals surface area contributed by atoms with Gasteiger partial charge in [0, 0.05) is 0 Å². The maximum Gasteiger partial charge on any atom is 0.306 e. The lowest BCUT2D eigenvalue weighted by Crippen LogP contribution is -2.24. The minimum atomic E-state index is -0.328. The first kappa shape index (κ1) is 16.9. The van der Waals surface area contributed by atoms with Gasteiger partial charge in [0.1, 0.15) is 6.10 Å². The van der Waals surface area contributed by atoms with Crippen LogP contribution in [-0.4, -0.2) is 24.6 Å². The first-order chi connectivity index (χ1) is 8.54. The molecule has 0 bridgehead atoms. The average Bonchev–Trinajstić information content (AvgIpc) is 2.39. The van der Waals surface area contributed by atoms with E-state index in [0.717, 1.165) is 19.3 Å². The second-order valence-electron chi connectivity index (χ2n) is 4.54. The molecule has 0 saturated carbocycles. The fraction of sp³-hybridized carbons (Fsp3) is 0.857. The highest BCUT2D eigenvalue weighted by Gasteiger charge is 2.19. The van der Waals surface area contributed by atoms with Crippen LogP contribution in [0, 0.1) is 5.92 Å². The van der Waals surface area contributed by atoms with Crippen molar-refractivity contribution in [2.75, 3.05) is 6.61 Å². The summed E-state index contributed by atoms with van der Waals surface area (Å²) < 4.78 is 10.3. The van der Waals surface area contributed by atoms with E-state index in [1.54, 1.807) is 0 Å². The van der Waals surface area contributed by atoms with Gasteiger partial charge in [-0.15, -0.1) is 0 Å². The number of hydrogen-bond donors (Lipinski definition) is 0. The summed E-state index contributed by atoms with van der Waals surface area (Å²) >= 11 is 0. The molecular weight excluding hydrogens is 232 g/mol. The second kappa shape index (κ2) is 9.92. The Labute approximate surface area is 110 Å². The minimum absolute atomic E-state index is 0.0471. The van der Waals surface area contributed by atoms with E-state index in [1.165, 1.54) is 0 Å². The Morgan fingerprint density at radius 1 is 1.00 bits per heavy atom. The number of ether oxygens (including phenoxy) is 2. The van der Waals surface area contributed by atoms with Crippen LogP contribution in [-0.2, 0) is 19.1 Å². The van der Waals surface area contributed by atoms with Crippen LogP contribution in [0.2, 0.25) is 0 Å². The van der Waals surface area contributed by atoms with E-state index in [2.05, 4.69) is 13.8 Å². The molecule has 0 fully saturated rings. The molecule has 0 radical (unpaired) electrons. The lowest BCUT2D eigenvalue weighted by atomic mass is 10.00. The van der Waals surface area contributed by atoms with Crippen LogP contribution in [0.3, 0.4) is 0 Å². The van der Waals surface area contributed by atoms with Gasteiger partial charge in [-0.3, -0.25) is 9.59 Å². The van der Waals surface area contributed by atoms with E-state index in [4.69, 9.17) is 9.47 Å². The summed E-state index contributed by atoms with van der Waals surface area (Å²) in [6, 6.07) is 0. The molecule has 0 N–H and O–H groups in total. The van der Waals surface area contributed by atoms with E-state index >= 15 is 0 Å². The molecule has 4 nitrogen and oxygen atoms in total. The third-order valence-corrected chi connectivity index (χ3v) is 2.96. The van der Waals surface area contributed by atoms with Crippen LogP contribution in [0.5, 0.6) is 0 Å². The summed E-state index contributed by atoms with van der Waals surface area (Å²) in [6.45, 7) is 8.48. The smallest absolute Gasteiger partial charge is 0.306 e. The summed E-state index contributed by atoms with van der Waals surface area (Å²) in [4.78, 5) is 22.8. The zero-order valence-corrected chi connectivity index (χ0v) is 12.0. The normalized spacial score (nSPS) is 13.8. The van der Waals surface area contributed by atoms with Gasteiger partial charge >= 0.3 is 11.9 Å². The standard InChI is InChI=1S/C14H26O4/c1-5-10-17-13(15)8-9-14(16)18-12(7-3)11(4)6-2/h11-12H,5-10H2,1-4H3. The van der Waals surface area contributed by atoms with Gasteiger partial charge in [-0.25, -0.2) is 0 Å². The van der Waals surface area contributed by atoms with Crippen molar-refractivity contribution in [1.82, 2.24) is 0 Å². The molecule has 0 spiro atoms. The van der Waals surface area contributed by atoms with E-state index in [0.29, 0.717) is 12.5 Å². The highest BCUT2D eigenvalue weighted by atomic mass is 16.5. The van der Waals surface area contributed by atoms with Crippen LogP contribution in [0.1, 0.15) is 59.8 Å². The van der Waals surface area contributed by atoms with Gasteiger partial charge in [-0.2, -0.15) is 0 Å². The maximum atomic E-state index is 11.6. The molecule has 0 amide bonds. The fourth-order valence-corrected chi connectivity index (χ4v) is 1.58. The predicted octanol–water partition coefficient (Wildman–Crippen LogP) is 3.09. The highest BCUT2D eigenvalue weighted by molar-refractivity contribution is 5.77. The molecule has 0 aromatic heterocycles. The fourth-order valence-electron chi connectivity index (χ4n) is 1.58. The number of esters is 2. The van der Waals surface area contributed by atoms with E-state index in [1.807, 2.05) is 13.8 Å². The first-order valence-electron chi connectivity index (χ1n) is 6.90. The third-order valence-electron chi connectivity index (χ3n) is 2.96. The molecule has 0 aliphatic rings. The Morgan fingerprint density at radius 2 is 1.61 bits per heavy atom. The number of carbonyl (C=O) groups is 2. The molecule has 18 heavy (non-hydrogen) atoms. The molecule has 0 rings (SSSR count). The van der Waals surface area contributed by atoms with Crippen molar-refractivity contribution >= 4 is 11.9 Å². The molecule has 106 valence electrons. The zero-order valence-electron chi connectivity index (χ0n) is 12.0. The Kier molecular flexibility index (Phi) is 9.33. The Hall–Kier alpha value is -1.06. The Bertz CT molecular complexity index is 250. The van der Waals surface area contributed by atoms with Crippen LogP contribution < -0.4 is 0 Å². The van der Waals surface area contributed by atoms with Gasteiger partial charge < -0.3 is 9.47 Å². The number of carbonyl (C=O) groups excluding carboxylic acids is 2. The third kappa shape index (κ3) is 7.30. The zero-order chi connectivity index (χ0) is 14.0. The number of hydrogen-bond acceptors (Lipinski definition) is 4. The van der Waals surface area contributed by atoms with Crippen molar-refractivity contribution in [3.8, 4) is 0 Å². The molecule has 4 heteroatoms. The molecule has 2 unspecified atom stereocenters. The summed E-state index contributed by atoms with van der Waals surface area (Å²) in [5.41, 5.74) is 0. The Balaban J connectivity index is 3.91. The maximum absolute atomic E-state index is 11.6. The van der Waals surface area contributed by atoms with Crippen molar-refractivity contribution < 1.29 is 19.1 Å². The van der Waals surface area contributed by atoms with Crippen molar-refractivity contribution in [2.24, 2.45) is 5.92 Å². The van der Waals surface area contributed by atoms with Gasteiger partial charge in [0.2, 0.25) is 0 Å². The van der Waals surface area contributed by atoms with Crippen molar-refractivity contribution in [3.05, 3.63) is 0 Å². The SMILES string of the molecule is CCCOC(=O)CCC(=O)OC(CC)C(C)CC. The monoisotopic (exact) mass is 258 g/mol. The lowest BCUT2D eigenvalue weighted by Gasteiger charge is -2.21. The highest BCUT2D eigenvalue weighted by Crippen LogP contribution is 2.15. The number of rotatable bonds is 9. The summed E-state index contributed by atoms with van der Waals surface area (Å²) in [5.74, 6) is -0.285. The van der Waals surface area contributed by atoms with E-state index < -0.39 is 0 Å². The molecule has 0 aliphatic heterocycles. The predicted molar refractivity (Wildman–Crippen MR) is 70.1 cm³/mol. The lowest BCUT2D eigenvalue weighted by molar-refractivity contribution is -0.155. The van der Waals surface area contributed by atoms with Crippen LogP contribution >= 0.6 is 0 Å². The summed E-state index contributed by atoms with van der Waals surface area (Å²) in [6.07, 6.45) is 2.74. The molecule has 0 saturated heterocycles.